The van der Waals surface area contributed by atoms with Crippen LogP contribution in [0.15, 0.2) is 54.9 Å². The van der Waals surface area contributed by atoms with Crippen molar-refractivity contribution in [2.24, 2.45) is 0 Å². The van der Waals surface area contributed by atoms with Crippen molar-refractivity contribution in [3.63, 3.8) is 0 Å². The average molecular weight is 490 g/mol. The van der Waals surface area contributed by atoms with Crippen molar-refractivity contribution in [2.75, 3.05) is 13.1 Å². The van der Waals surface area contributed by atoms with Crippen LogP contribution in [0.1, 0.15) is 38.2 Å². The molecule has 2 aromatic heterocycles. The van der Waals surface area contributed by atoms with Gasteiger partial charge in [0.2, 0.25) is 5.88 Å². The van der Waals surface area contributed by atoms with Gasteiger partial charge in [0, 0.05) is 12.1 Å². The third kappa shape index (κ3) is 4.70. The van der Waals surface area contributed by atoms with Crippen LogP contribution < -0.4 is 14.8 Å². The Balaban J connectivity index is 1.41. The lowest BCUT2D eigenvalue weighted by Crippen LogP contribution is -2.37. The number of ether oxygens (including phenoxy) is 2. The number of benzene rings is 2. The molecule has 1 aliphatic carbocycles. The maximum atomic E-state index is 6.82. The second kappa shape index (κ2) is 9.13. The van der Waals surface area contributed by atoms with E-state index in [1.165, 1.54) is 0 Å². The summed E-state index contributed by atoms with van der Waals surface area (Å²) in [6.45, 7) is 4.60. The van der Waals surface area contributed by atoms with Gasteiger partial charge in [0.05, 0.1) is 11.6 Å². The summed E-state index contributed by atoms with van der Waals surface area (Å²) in [5, 5.41) is 3.97. The Labute approximate surface area is 209 Å². The lowest BCUT2D eigenvalue weighted by atomic mass is 10.1. The van der Waals surface area contributed by atoms with E-state index in [9.17, 15) is 0 Å². The van der Waals surface area contributed by atoms with Crippen LogP contribution in [0.2, 0.25) is 5.02 Å². The van der Waals surface area contributed by atoms with Gasteiger partial charge < -0.3 is 19.4 Å². The fourth-order valence-electron chi connectivity index (χ4n) is 4.49. The van der Waals surface area contributed by atoms with E-state index in [0.29, 0.717) is 23.0 Å². The van der Waals surface area contributed by atoms with Crippen LogP contribution in [0.5, 0.6) is 11.6 Å². The summed E-state index contributed by atoms with van der Waals surface area (Å²) in [5.74, 6) is 2.01. The highest BCUT2D eigenvalue weighted by molar-refractivity contribution is 6.33. The molecule has 8 heteroatoms. The molecular weight excluding hydrogens is 462 g/mol. The van der Waals surface area contributed by atoms with Gasteiger partial charge in [-0.15, -0.1) is 0 Å². The van der Waals surface area contributed by atoms with Crippen LogP contribution in [0, 0.1) is 0 Å². The molecule has 0 bridgehead atoms. The third-order valence-electron chi connectivity index (χ3n) is 6.72. The molecule has 6 rings (SSSR count). The molecule has 0 spiro atoms. The second-order valence-electron chi connectivity index (χ2n) is 9.64. The zero-order valence-corrected chi connectivity index (χ0v) is 20.5. The van der Waals surface area contributed by atoms with E-state index in [4.69, 9.17) is 26.1 Å². The number of rotatable bonds is 7. The number of nitrogens with zero attached hydrogens (tertiary/aromatic N) is 4. The normalized spacial score (nSPS) is 19.0. The number of hydrogen-bond donors (Lipinski definition) is 1. The van der Waals surface area contributed by atoms with Gasteiger partial charge in [0.1, 0.15) is 29.6 Å². The summed E-state index contributed by atoms with van der Waals surface area (Å²) in [7, 11) is 0. The van der Waals surface area contributed by atoms with Gasteiger partial charge in [0.15, 0.2) is 11.2 Å². The van der Waals surface area contributed by atoms with Crippen molar-refractivity contribution < 1.29 is 9.47 Å². The van der Waals surface area contributed by atoms with E-state index < -0.39 is 0 Å². The highest BCUT2D eigenvalue weighted by atomic mass is 35.5. The van der Waals surface area contributed by atoms with Crippen molar-refractivity contribution in [1.29, 1.82) is 0 Å². The minimum absolute atomic E-state index is 0.159. The standard InChI is InChI=1S/C27H28ClN5O2/c1-27(11-12-27)35-26-23-25(30-17-31-26)33(16-18-6-3-2-4-7-18)24(32-23)21-10-9-19(14-22(21)28)34-20-8-5-13-29-15-20/h2-4,6-7,9-10,14,17,20,29H,5,8,11-13,15-16H2,1H3/t20-/m1/s1. The zero-order chi connectivity index (χ0) is 23.8. The van der Waals surface area contributed by atoms with Crippen LogP contribution in [0.25, 0.3) is 22.6 Å². The Bertz CT molecular complexity index is 1350. The van der Waals surface area contributed by atoms with Crippen molar-refractivity contribution in [2.45, 2.75) is 50.9 Å². The first-order valence-corrected chi connectivity index (χ1v) is 12.6. The van der Waals surface area contributed by atoms with Crippen molar-refractivity contribution in [3.05, 3.63) is 65.4 Å². The minimum atomic E-state index is -0.171. The summed E-state index contributed by atoms with van der Waals surface area (Å²) in [6.07, 6.45) is 5.89. The number of piperidine rings is 1. The van der Waals surface area contributed by atoms with E-state index in [1.807, 2.05) is 36.4 Å². The summed E-state index contributed by atoms with van der Waals surface area (Å²) >= 11 is 6.82. The predicted octanol–water partition coefficient (Wildman–Crippen LogP) is 5.26. The maximum absolute atomic E-state index is 6.82. The molecule has 4 aromatic rings. The summed E-state index contributed by atoms with van der Waals surface area (Å²) in [6, 6.07) is 16.1. The summed E-state index contributed by atoms with van der Waals surface area (Å²) in [5.41, 5.74) is 3.16. The Morgan fingerprint density at radius 2 is 2.00 bits per heavy atom. The first-order chi connectivity index (χ1) is 17.1. The van der Waals surface area contributed by atoms with Gasteiger partial charge in [-0.05, 0) is 62.9 Å². The van der Waals surface area contributed by atoms with Crippen molar-refractivity contribution >= 4 is 22.8 Å². The molecular formula is C27H28ClN5O2. The molecule has 0 radical (unpaired) electrons. The number of nitrogens with one attached hydrogen (secondary N) is 1. The maximum Gasteiger partial charge on any atom is 0.245 e. The Hall–Kier alpha value is -3.16. The number of fused-ring (bicyclic) bond motifs is 1. The monoisotopic (exact) mass is 489 g/mol. The lowest BCUT2D eigenvalue weighted by Gasteiger charge is -2.24. The number of halogens is 1. The fourth-order valence-corrected chi connectivity index (χ4v) is 4.74. The molecule has 35 heavy (non-hydrogen) atoms. The third-order valence-corrected chi connectivity index (χ3v) is 7.03. The molecule has 2 aliphatic rings. The fraction of sp³-hybridized carbons (Fsp3) is 0.370. The van der Waals surface area contributed by atoms with E-state index in [1.54, 1.807) is 6.33 Å². The lowest BCUT2D eigenvalue weighted by molar-refractivity contribution is 0.167. The van der Waals surface area contributed by atoms with Crippen LogP contribution in [0.3, 0.4) is 0 Å². The van der Waals surface area contributed by atoms with E-state index >= 15 is 0 Å². The van der Waals surface area contributed by atoms with E-state index in [0.717, 1.165) is 67.1 Å². The van der Waals surface area contributed by atoms with Crippen molar-refractivity contribution in [1.82, 2.24) is 24.8 Å². The van der Waals surface area contributed by atoms with Gasteiger partial charge in [-0.3, -0.25) is 0 Å². The molecule has 1 aliphatic heterocycles. The largest absolute Gasteiger partial charge is 0.489 e. The summed E-state index contributed by atoms with van der Waals surface area (Å²) in [4.78, 5) is 14.0. The average Bonchev–Trinajstić information content (AvgIpc) is 3.49. The molecule has 7 nitrogen and oxygen atoms in total. The van der Waals surface area contributed by atoms with Crippen molar-refractivity contribution in [3.8, 4) is 23.0 Å². The van der Waals surface area contributed by atoms with Crippen LogP contribution in [0.4, 0.5) is 0 Å². The van der Waals surface area contributed by atoms with Gasteiger partial charge in [0.25, 0.3) is 0 Å². The SMILES string of the molecule is CC1(Oc2ncnc3c2nc(-c2ccc(O[C@@H]4CCCNC4)cc2Cl)n3Cc2ccccc2)CC1. The number of imidazole rings is 1. The highest BCUT2D eigenvalue weighted by Gasteiger charge is 2.41. The first-order valence-electron chi connectivity index (χ1n) is 12.2. The highest BCUT2D eigenvalue weighted by Crippen LogP contribution is 2.41. The Morgan fingerprint density at radius 3 is 2.74 bits per heavy atom. The van der Waals surface area contributed by atoms with E-state index in [-0.39, 0.29) is 11.7 Å². The molecule has 1 saturated heterocycles. The summed E-state index contributed by atoms with van der Waals surface area (Å²) < 4.78 is 14.5. The molecule has 1 atom stereocenters. The van der Waals surface area contributed by atoms with Crippen LogP contribution >= 0.6 is 11.6 Å². The van der Waals surface area contributed by atoms with Gasteiger partial charge >= 0.3 is 0 Å². The molecule has 180 valence electrons. The molecule has 3 heterocycles. The van der Waals surface area contributed by atoms with Crippen LogP contribution in [-0.4, -0.2) is 44.3 Å². The Kier molecular flexibility index (Phi) is 5.82. The smallest absolute Gasteiger partial charge is 0.245 e. The van der Waals surface area contributed by atoms with E-state index in [2.05, 4.69) is 38.9 Å². The Morgan fingerprint density at radius 1 is 1.14 bits per heavy atom. The second-order valence-corrected chi connectivity index (χ2v) is 10.0. The zero-order valence-electron chi connectivity index (χ0n) is 19.7. The predicted molar refractivity (Wildman–Crippen MR) is 136 cm³/mol. The molecule has 0 amide bonds. The number of hydrogen-bond acceptors (Lipinski definition) is 6. The molecule has 2 fully saturated rings. The number of aromatic nitrogens is 4. The van der Waals surface area contributed by atoms with Gasteiger partial charge in [-0.1, -0.05) is 41.9 Å². The molecule has 0 unspecified atom stereocenters. The first kappa shape index (κ1) is 22.3. The molecule has 2 aromatic carbocycles. The van der Waals surface area contributed by atoms with Gasteiger partial charge in [-0.25, -0.2) is 9.97 Å². The minimum Gasteiger partial charge on any atom is -0.489 e. The van der Waals surface area contributed by atoms with Crippen LogP contribution in [-0.2, 0) is 6.54 Å². The topological polar surface area (TPSA) is 74.1 Å². The molecule has 1 N–H and O–H groups in total. The molecule has 1 saturated carbocycles. The quantitative estimate of drug-likeness (QED) is 0.382. The van der Waals surface area contributed by atoms with Gasteiger partial charge in [-0.2, -0.15) is 4.98 Å².